The molecule has 28 heavy (non-hydrogen) atoms. The lowest BCUT2D eigenvalue weighted by atomic mass is 9.82. The number of pyridine rings is 1. The van der Waals surface area contributed by atoms with Gasteiger partial charge in [-0.1, -0.05) is 37.3 Å². The molecule has 1 aliphatic rings. The zero-order valence-corrected chi connectivity index (χ0v) is 16.0. The minimum Gasteiger partial charge on any atom is -0.460 e. The summed E-state index contributed by atoms with van der Waals surface area (Å²) in [6.45, 7) is 5.93. The van der Waals surface area contributed by atoms with Crippen molar-refractivity contribution >= 4 is 23.6 Å². The van der Waals surface area contributed by atoms with Crippen molar-refractivity contribution < 1.29 is 14.3 Å². The Bertz CT molecular complexity index is 1030. The van der Waals surface area contributed by atoms with Gasteiger partial charge in [0.2, 0.25) is 0 Å². The third-order valence-electron chi connectivity index (χ3n) is 5.34. The van der Waals surface area contributed by atoms with Gasteiger partial charge < -0.3 is 9.64 Å². The van der Waals surface area contributed by atoms with Crippen LogP contribution in [0.4, 0.5) is 5.69 Å². The molecule has 0 radical (unpaired) electrons. The molecule has 7 heteroatoms. The molecule has 0 N–H and O–H groups in total. The second-order valence-corrected chi connectivity index (χ2v) is 7.29. The number of aldehydes is 1. The number of carbonyl (C=O) groups excluding carboxylic acids is 2. The number of nitrogens with zero attached hydrogens (tertiary/aromatic N) is 4. The van der Waals surface area contributed by atoms with Crippen LogP contribution in [-0.4, -0.2) is 46.5 Å². The molecule has 2 aromatic heterocycles. The smallest absolute Gasteiger partial charge is 0.378 e. The molecule has 1 aliphatic heterocycles. The van der Waals surface area contributed by atoms with Crippen LogP contribution in [0.2, 0.25) is 0 Å². The number of ether oxygens (including phenoxy) is 1. The second-order valence-electron chi connectivity index (χ2n) is 7.29. The quantitative estimate of drug-likeness (QED) is 0.502. The van der Waals surface area contributed by atoms with E-state index in [-0.39, 0.29) is 17.8 Å². The highest BCUT2D eigenvalue weighted by Gasteiger charge is 2.35. The monoisotopic (exact) mass is 378 g/mol. The minimum absolute atomic E-state index is 0.0377. The molecular weight excluding hydrogens is 356 g/mol. The summed E-state index contributed by atoms with van der Waals surface area (Å²) >= 11 is 0. The molecule has 4 rings (SSSR count). The average molecular weight is 378 g/mol. The number of anilines is 1. The van der Waals surface area contributed by atoms with E-state index in [1.807, 2.05) is 18.3 Å². The molecule has 0 bridgehead atoms. The topological polar surface area (TPSA) is 76.8 Å². The average Bonchev–Trinajstić information content (AvgIpc) is 3.33. The number of hydrogen-bond donors (Lipinski definition) is 0. The first-order valence-electron chi connectivity index (χ1n) is 9.37. The van der Waals surface area contributed by atoms with E-state index in [2.05, 4.69) is 46.2 Å². The molecule has 0 unspecified atom stereocenters. The van der Waals surface area contributed by atoms with Gasteiger partial charge in [0.15, 0.2) is 11.9 Å². The number of carbonyl (C=O) groups is 2. The van der Waals surface area contributed by atoms with Gasteiger partial charge >= 0.3 is 5.97 Å². The second kappa shape index (κ2) is 7.07. The van der Waals surface area contributed by atoms with Crippen molar-refractivity contribution in [2.45, 2.75) is 25.7 Å². The van der Waals surface area contributed by atoms with Crippen LogP contribution in [0, 0.1) is 0 Å². The van der Waals surface area contributed by atoms with E-state index in [4.69, 9.17) is 4.74 Å². The fourth-order valence-corrected chi connectivity index (χ4v) is 3.80. The molecule has 1 fully saturated rings. The largest absolute Gasteiger partial charge is 0.460 e. The zero-order valence-electron chi connectivity index (χ0n) is 16.0. The van der Waals surface area contributed by atoms with Gasteiger partial charge in [0.1, 0.15) is 0 Å². The third-order valence-corrected chi connectivity index (χ3v) is 5.34. The van der Waals surface area contributed by atoms with Crippen molar-refractivity contribution in [1.82, 2.24) is 14.6 Å². The van der Waals surface area contributed by atoms with Crippen LogP contribution in [-0.2, 0) is 10.2 Å². The predicted octanol–water partition coefficient (Wildman–Crippen LogP) is 2.89. The Morgan fingerprint density at radius 2 is 2.11 bits per heavy atom. The Morgan fingerprint density at radius 1 is 1.32 bits per heavy atom. The number of esters is 1. The summed E-state index contributed by atoms with van der Waals surface area (Å²) in [7, 11) is 0. The van der Waals surface area contributed by atoms with E-state index in [1.54, 1.807) is 6.92 Å². The van der Waals surface area contributed by atoms with Gasteiger partial charge in [-0.05, 0) is 25.0 Å². The zero-order chi connectivity index (χ0) is 19.7. The Hall–Kier alpha value is -3.22. The number of hydrogen-bond acceptors (Lipinski definition) is 6. The van der Waals surface area contributed by atoms with Crippen LogP contribution >= 0.6 is 0 Å². The molecular formula is C21H22N4O3. The normalized spacial score (nSPS) is 19.1. The molecule has 0 spiro atoms. The van der Waals surface area contributed by atoms with Gasteiger partial charge in [0.25, 0.3) is 5.82 Å². The summed E-state index contributed by atoms with van der Waals surface area (Å²) < 4.78 is 6.45. The molecule has 144 valence electrons. The van der Waals surface area contributed by atoms with Gasteiger partial charge in [-0.3, -0.25) is 4.79 Å². The lowest BCUT2D eigenvalue weighted by Crippen LogP contribution is -2.28. The summed E-state index contributed by atoms with van der Waals surface area (Å²) in [5.74, 6) is -0.639. The Labute approximate surface area is 162 Å². The lowest BCUT2D eigenvalue weighted by Gasteiger charge is -2.26. The van der Waals surface area contributed by atoms with E-state index >= 15 is 0 Å². The van der Waals surface area contributed by atoms with Gasteiger partial charge in [-0.15, -0.1) is 5.10 Å². The van der Waals surface area contributed by atoms with Crippen LogP contribution < -0.4 is 4.90 Å². The number of benzene rings is 1. The standard InChI is InChI=1S/C21H22N4O3/c1-3-28-20(27)18-22-19-15(13-26)11-17(12-25(19)23-18)24-10-9-21(2,14-24)16-7-5-4-6-8-16/h4-8,11-13H,3,9-10,14H2,1-2H3/t21-/m0/s1. The SMILES string of the molecule is CCOC(=O)c1nc2c(C=O)cc(N3CC[C@](C)(c4ccccc4)C3)cn2n1. The fraction of sp³-hybridized carbons (Fsp3) is 0.333. The van der Waals surface area contributed by atoms with Crippen molar-refractivity contribution in [3.8, 4) is 0 Å². The maximum Gasteiger partial charge on any atom is 0.378 e. The molecule has 1 aromatic carbocycles. The van der Waals surface area contributed by atoms with Gasteiger partial charge in [0, 0.05) is 18.5 Å². The number of fused-ring (bicyclic) bond motifs is 1. The molecule has 0 saturated carbocycles. The van der Waals surface area contributed by atoms with Crippen molar-refractivity contribution in [3.63, 3.8) is 0 Å². The van der Waals surface area contributed by atoms with Crippen molar-refractivity contribution in [2.75, 3.05) is 24.6 Å². The van der Waals surface area contributed by atoms with E-state index in [0.29, 0.717) is 11.2 Å². The highest BCUT2D eigenvalue weighted by atomic mass is 16.5. The Kier molecular flexibility index (Phi) is 4.58. The number of rotatable bonds is 5. The van der Waals surface area contributed by atoms with Crippen molar-refractivity contribution in [1.29, 1.82) is 0 Å². The molecule has 0 amide bonds. The predicted molar refractivity (Wildman–Crippen MR) is 105 cm³/mol. The summed E-state index contributed by atoms with van der Waals surface area (Å²) in [6.07, 6.45) is 3.57. The third kappa shape index (κ3) is 3.13. The molecule has 1 saturated heterocycles. The van der Waals surface area contributed by atoms with Crippen molar-refractivity contribution in [3.05, 3.63) is 59.5 Å². The van der Waals surface area contributed by atoms with E-state index < -0.39 is 5.97 Å². The minimum atomic E-state index is -0.595. The first-order valence-corrected chi connectivity index (χ1v) is 9.37. The Morgan fingerprint density at radius 3 is 2.82 bits per heavy atom. The summed E-state index contributed by atoms with van der Waals surface area (Å²) in [5.41, 5.74) is 2.98. The van der Waals surface area contributed by atoms with Gasteiger partial charge in [-0.25, -0.2) is 14.3 Å². The van der Waals surface area contributed by atoms with Crippen molar-refractivity contribution in [2.24, 2.45) is 0 Å². The lowest BCUT2D eigenvalue weighted by molar-refractivity contribution is 0.0512. The maximum atomic E-state index is 11.9. The Balaban J connectivity index is 1.68. The highest BCUT2D eigenvalue weighted by molar-refractivity contribution is 5.89. The number of aromatic nitrogens is 3. The summed E-state index contributed by atoms with van der Waals surface area (Å²) in [6, 6.07) is 12.3. The molecule has 1 atom stereocenters. The van der Waals surface area contributed by atoms with Crippen LogP contribution in [0.25, 0.3) is 5.65 Å². The summed E-state index contributed by atoms with van der Waals surface area (Å²) in [5, 5.41) is 4.21. The highest BCUT2D eigenvalue weighted by Crippen LogP contribution is 2.36. The van der Waals surface area contributed by atoms with Crippen LogP contribution in [0.1, 0.15) is 46.8 Å². The van der Waals surface area contributed by atoms with Crippen LogP contribution in [0.3, 0.4) is 0 Å². The van der Waals surface area contributed by atoms with Gasteiger partial charge in [0.05, 0.1) is 24.1 Å². The summed E-state index contributed by atoms with van der Waals surface area (Å²) in [4.78, 5) is 30.0. The fourth-order valence-electron chi connectivity index (χ4n) is 3.80. The van der Waals surface area contributed by atoms with E-state index in [1.165, 1.54) is 10.1 Å². The van der Waals surface area contributed by atoms with E-state index in [0.717, 1.165) is 31.5 Å². The molecule has 7 nitrogen and oxygen atoms in total. The van der Waals surface area contributed by atoms with E-state index in [9.17, 15) is 9.59 Å². The molecule has 3 aromatic rings. The molecule has 3 heterocycles. The maximum absolute atomic E-state index is 11.9. The molecule has 0 aliphatic carbocycles. The van der Waals surface area contributed by atoms with Crippen LogP contribution in [0.15, 0.2) is 42.6 Å². The first kappa shape index (κ1) is 18.2. The first-order chi connectivity index (χ1) is 13.5. The van der Waals surface area contributed by atoms with Crippen LogP contribution in [0.5, 0.6) is 0 Å². The van der Waals surface area contributed by atoms with Gasteiger partial charge in [-0.2, -0.15) is 0 Å².